The number of hydrogen-bond acceptors (Lipinski definition) is 4. The van der Waals surface area contributed by atoms with E-state index in [1.807, 2.05) is 13.0 Å². The predicted octanol–water partition coefficient (Wildman–Crippen LogP) is 3.20. The first-order valence-electron chi connectivity index (χ1n) is 7.79. The van der Waals surface area contributed by atoms with Crippen molar-refractivity contribution >= 4 is 21.4 Å². The molecule has 1 fully saturated rings. The molecule has 0 atom stereocenters. The predicted molar refractivity (Wildman–Crippen MR) is 88.1 cm³/mol. The third kappa shape index (κ3) is 4.06. The summed E-state index contributed by atoms with van der Waals surface area (Å²) in [6.07, 6.45) is 4.29. The highest BCUT2D eigenvalue weighted by atomic mass is 32.2. The SMILES string of the molecule is CCN(C1CCCC1)S(=O)(=O)c1ccc(CNC(C)C)s1. The fraction of sp³-hybridized carbons (Fsp3) is 0.733. The molecular formula is C15H26N2O2S2. The van der Waals surface area contributed by atoms with Crippen LogP contribution in [0.4, 0.5) is 0 Å². The second kappa shape index (κ2) is 7.22. The molecule has 0 unspecified atom stereocenters. The largest absolute Gasteiger partial charge is 0.310 e. The first-order chi connectivity index (χ1) is 9.95. The molecule has 1 saturated carbocycles. The van der Waals surface area contributed by atoms with Gasteiger partial charge in [0.05, 0.1) is 0 Å². The Bertz CT molecular complexity index is 546. The second-order valence-corrected chi connectivity index (χ2v) is 9.19. The molecule has 1 aromatic heterocycles. The zero-order valence-corrected chi connectivity index (χ0v) is 14.8. The number of rotatable bonds is 7. The molecule has 0 amide bonds. The Morgan fingerprint density at radius 3 is 2.57 bits per heavy atom. The van der Waals surface area contributed by atoms with Crippen molar-refractivity contribution < 1.29 is 8.42 Å². The van der Waals surface area contributed by atoms with Crippen molar-refractivity contribution in [3.63, 3.8) is 0 Å². The number of thiophene rings is 1. The van der Waals surface area contributed by atoms with E-state index >= 15 is 0 Å². The summed E-state index contributed by atoms with van der Waals surface area (Å²) in [6, 6.07) is 4.28. The zero-order valence-electron chi connectivity index (χ0n) is 13.1. The number of hydrogen-bond donors (Lipinski definition) is 1. The Labute approximate surface area is 132 Å². The molecule has 2 rings (SSSR count). The highest BCUT2D eigenvalue weighted by Crippen LogP contribution is 2.31. The molecule has 6 heteroatoms. The van der Waals surface area contributed by atoms with Crippen LogP contribution < -0.4 is 5.32 Å². The third-order valence-corrected chi connectivity index (χ3v) is 7.51. The minimum atomic E-state index is -3.33. The van der Waals surface area contributed by atoms with Crippen molar-refractivity contribution in [2.75, 3.05) is 6.54 Å². The van der Waals surface area contributed by atoms with Crippen molar-refractivity contribution in [3.05, 3.63) is 17.0 Å². The molecule has 1 N–H and O–H groups in total. The summed E-state index contributed by atoms with van der Waals surface area (Å²) in [5.74, 6) is 0. The summed E-state index contributed by atoms with van der Waals surface area (Å²) in [4.78, 5) is 1.07. The lowest BCUT2D eigenvalue weighted by atomic mass is 10.2. The molecule has 0 saturated heterocycles. The van der Waals surface area contributed by atoms with E-state index in [4.69, 9.17) is 0 Å². The van der Waals surface area contributed by atoms with Gasteiger partial charge < -0.3 is 5.32 Å². The highest BCUT2D eigenvalue weighted by molar-refractivity contribution is 7.91. The van der Waals surface area contributed by atoms with Gasteiger partial charge in [-0.05, 0) is 25.0 Å². The van der Waals surface area contributed by atoms with E-state index in [0.29, 0.717) is 16.8 Å². The molecule has 1 aliphatic carbocycles. The standard InChI is InChI=1S/C15H26N2O2S2/c1-4-17(13-7-5-6-8-13)21(18,19)15-10-9-14(20-15)11-16-12(2)3/h9-10,12-13,16H,4-8,11H2,1-3H3. The van der Waals surface area contributed by atoms with Crippen molar-refractivity contribution in [2.24, 2.45) is 0 Å². The minimum absolute atomic E-state index is 0.194. The maximum atomic E-state index is 12.8. The van der Waals surface area contributed by atoms with Gasteiger partial charge >= 0.3 is 0 Å². The van der Waals surface area contributed by atoms with Gasteiger partial charge in [0.25, 0.3) is 10.0 Å². The molecule has 120 valence electrons. The van der Waals surface area contributed by atoms with Gasteiger partial charge in [0, 0.05) is 30.1 Å². The topological polar surface area (TPSA) is 49.4 Å². The normalized spacial score (nSPS) is 17.2. The lowest BCUT2D eigenvalue weighted by molar-refractivity contribution is 0.336. The molecule has 0 bridgehead atoms. The van der Waals surface area contributed by atoms with Crippen molar-refractivity contribution in [3.8, 4) is 0 Å². The van der Waals surface area contributed by atoms with Crippen LogP contribution >= 0.6 is 11.3 Å². The zero-order chi connectivity index (χ0) is 15.5. The van der Waals surface area contributed by atoms with Crippen LogP contribution in [0, 0.1) is 0 Å². The fourth-order valence-electron chi connectivity index (χ4n) is 2.83. The van der Waals surface area contributed by atoms with Crippen molar-refractivity contribution in [1.82, 2.24) is 9.62 Å². The third-order valence-electron chi connectivity index (χ3n) is 3.93. The Balaban J connectivity index is 2.14. The van der Waals surface area contributed by atoms with Gasteiger partial charge in [-0.15, -0.1) is 11.3 Å². The molecule has 1 aliphatic rings. The van der Waals surface area contributed by atoms with Crippen LogP contribution in [0.15, 0.2) is 16.3 Å². The summed E-state index contributed by atoms with van der Waals surface area (Å²) in [5, 5.41) is 3.33. The van der Waals surface area contributed by atoms with E-state index in [2.05, 4.69) is 19.2 Å². The Kier molecular flexibility index (Phi) is 5.82. The van der Waals surface area contributed by atoms with Crippen LogP contribution in [-0.4, -0.2) is 31.4 Å². The first-order valence-corrected chi connectivity index (χ1v) is 10.0. The van der Waals surface area contributed by atoms with Gasteiger partial charge in [0.2, 0.25) is 0 Å². The summed E-state index contributed by atoms with van der Waals surface area (Å²) in [6.45, 7) is 7.40. The molecule has 1 aromatic rings. The highest BCUT2D eigenvalue weighted by Gasteiger charge is 2.32. The Morgan fingerprint density at radius 1 is 1.33 bits per heavy atom. The van der Waals surface area contributed by atoms with Gasteiger partial charge in [-0.3, -0.25) is 0 Å². The van der Waals surface area contributed by atoms with Gasteiger partial charge in [-0.25, -0.2) is 8.42 Å². The Morgan fingerprint density at radius 2 is 2.00 bits per heavy atom. The van der Waals surface area contributed by atoms with E-state index < -0.39 is 10.0 Å². The molecule has 0 radical (unpaired) electrons. The summed E-state index contributed by atoms with van der Waals surface area (Å²) >= 11 is 1.39. The number of sulfonamides is 1. The molecule has 4 nitrogen and oxygen atoms in total. The van der Waals surface area contributed by atoms with E-state index in [1.54, 1.807) is 10.4 Å². The van der Waals surface area contributed by atoms with Gasteiger partial charge in [-0.1, -0.05) is 33.6 Å². The quantitative estimate of drug-likeness (QED) is 0.835. The van der Waals surface area contributed by atoms with Crippen molar-refractivity contribution in [2.45, 2.75) is 69.3 Å². The molecular weight excluding hydrogens is 304 g/mol. The van der Waals surface area contributed by atoms with Gasteiger partial charge in [-0.2, -0.15) is 4.31 Å². The monoisotopic (exact) mass is 330 g/mol. The maximum absolute atomic E-state index is 12.8. The van der Waals surface area contributed by atoms with Crippen LogP contribution in [0.5, 0.6) is 0 Å². The van der Waals surface area contributed by atoms with Crippen LogP contribution in [0.3, 0.4) is 0 Å². The first kappa shape index (κ1) is 16.9. The smallest absolute Gasteiger partial charge is 0.252 e. The lowest BCUT2D eigenvalue weighted by Gasteiger charge is -2.25. The van der Waals surface area contributed by atoms with Crippen LogP contribution in [-0.2, 0) is 16.6 Å². The molecule has 0 aromatic carbocycles. The van der Waals surface area contributed by atoms with E-state index in [9.17, 15) is 8.42 Å². The number of nitrogens with one attached hydrogen (secondary N) is 1. The van der Waals surface area contributed by atoms with Crippen LogP contribution in [0.25, 0.3) is 0 Å². The van der Waals surface area contributed by atoms with Crippen LogP contribution in [0.1, 0.15) is 51.3 Å². The summed E-state index contributed by atoms with van der Waals surface area (Å²) in [5.41, 5.74) is 0. The van der Waals surface area contributed by atoms with Gasteiger partial charge in [0.15, 0.2) is 0 Å². The maximum Gasteiger partial charge on any atom is 0.252 e. The van der Waals surface area contributed by atoms with Gasteiger partial charge in [0.1, 0.15) is 4.21 Å². The van der Waals surface area contributed by atoms with E-state index in [-0.39, 0.29) is 6.04 Å². The number of nitrogens with zero attached hydrogens (tertiary/aromatic N) is 1. The average molecular weight is 331 g/mol. The average Bonchev–Trinajstić information content (AvgIpc) is 3.08. The minimum Gasteiger partial charge on any atom is -0.310 e. The lowest BCUT2D eigenvalue weighted by Crippen LogP contribution is -2.38. The molecule has 1 heterocycles. The molecule has 21 heavy (non-hydrogen) atoms. The van der Waals surface area contributed by atoms with E-state index in [0.717, 1.165) is 37.1 Å². The Hall–Kier alpha value is -0.430. The molecule has 0 aliphatic heterocycles. The van der Waals surface area contributed by atoms with Crippen molar-refractivity contribution in [1.29, 1.82) is 0 Å². The summed E-state index contributed by atoms with van der Waals surface area (Å²) < 4.78 is 27.8. The molecule has 0 spiro atoms. The van der Waals surface area contributed by atoms with Crippen LogP contribution in [0.2, 0.25) is 0 Å². The second-order valence-electron chi connectivity index (χ2n) is 5.90. The fourth-order valence-corrected chi connectivity index (χ4v) is 5.96. The van der Waals surface area contributed by atoms with E-state index in [1.165, 1.54) is 11.3 Å². The summed E-state index contributed by atoms with van der Waals surface area (Å²) in [7, 11) is -3.33.